The Kier molecular flexibility index (Phi) is 3.74. The van der Waals surface area contributed by atoms with Crippen LogP contribution in [0.5, 0.6) is 0 Å². The number of hydrogen-bond acceptors (Lipinski definition) is 2. The molecule has 0 radical (unpaired) electrons. The van der Waals surface area contributed by atoms with E-state index in [1.807, 2.05) is 20.8 Å². The molecule has 0 aliphatic rings. The molecule has 20 heavy (non-hydrogen) atoms. The normalized spacial score (nSPS) is 11.7. The standard InChI is InChI=1S/C14H16F3N3/c1-14(2,3)20-8-9(7-19-20)6-18-13-11(16)4-10(15)5-12(13)17/h4-5,7-8,18H,6H2,1-3H3. The maximum Gasteiger partial charge on any atom is 0.152 e. The molecule has 0 spiro atoms. The van der Waals surface area contributed by atoms with Gasteiger partial charge in [0.05, 0.1) is 11.7 Å². The molecule has 1 aromatic carbocycles. The average molecular weight is 283 g/mol. The van der Waals surface area contributed by atoms with Gasteiger partial charge in [-0.1, -0.05) is 0 Å². The number of anilines is 1. The molecule has 0 aliphatic carbocycles. The van der Waals surface area contributed by atoms with Crippen molar-refractivity contribution in [2.45, 2.75) is 32.9 Å². The van der Waals surface area contributed by atoms with E-state index in [9.17, 15) is 13.2 Å². The van der Waals surface area contributed by atoms with Crippen LogP contribution < -0.4 is 5.32 Å². The molecule has 0 saturated carbocycles. The van der Waals surface area contributed by atoms with Crippen LogP contribution in [0.2, 0.25) is 0 Å². The number of hydrogen-bond donors (Lipinski definition) is 1. The largest absolute Gasteiger partial charge is 0.376 e. The third-order valence-corrected chi connectivity index (χ3v) is 2.80. The molecule has 3 nitrogen and oxygen atoms in total. The molecule has 1 heterocycles. The molecule has 0 bridgehead atoms. The molecule has 0 saturated heterocycles. The van der Waals surface area contributed by atoms with Crippen molar-refractivity contribution in [2.75, 3.05) is 5.32 Å². The molecule has 6 heteroatoms. The summed E-state index contributed by atoms with van der Waals surface area (Å²) in [4.78, 5) is 0. The highest BCUT2D eigenvalue weighted by molar-refractivity contribution is 5.46. The summed E-state index contributed by atoms with van der Waals surface area (Å²) >= 11 is 0. The SMILES string of the molecule is CC(C)(C)n1cc(CNc2c(F)cc(F)cc2F)cn1. The van der Waals surface area contributed by atoms with Crippen LogP contribution in [0.1, 0.15) is 26.3 Å². The second kappa shape index (κ2) is 5.19. The maximum absolute atomic E-state index is 13.4. The summed E-state index contributed by atoms with van der Waals surface area (Å²) in [7, 11) is 0. The molecule has 0 aliphatic heterocycles. The van der Waals surface area contributed by atoms with Crippen LogP contribution >= 0.6 is 0 Å². The van der Waals surface area contributed by atoms with E-state index in [-0.39, 0.29) is 17.8 Å². The molecule has 0 unspecified atom stereocenters. The van der Waals surface area contributed by atoms with Gasteiger partial charge in [0.25, 0.3) is 0 Å². The number of nitrogens with one attached hydrogen (secondary N) is 1. The van der Waals surface area contributed by atoms with Gasteiger partial charge in [0.2, 0.25) is 0 Å². The second-order valence-corrected chi connectivity index (χ2v) is 5.56. The molecule has 0 atom stereocenters. The number of halogens is 3. The van der Waals surface area contributed by atoms with E-state index >= 15 is 0 Å². The average Bonchev–Trinajstić information content (AvgIpc) is 2.75. The minimum Gasteiger partial charge on any atom is -0.376 e. The molecule has 2 rings (SSSR count). The van der Waals surface area contributed by atoms with Crippen molar-refractivity contribution in [3.63, 3.8) is 0 Å². The second-order valence-electron chi connectivity index (χ2n) is 5.56. The maximum atomic E-state index is 13.4. The van der Waals surface area contributed by atoms with Crippen LogP contribution in [-0.4, -0.2) is 9.78 Å². The lowest BCUT2D eigenvalue weighted by Gasteiger charge is -2.18. The smallest absolute Gasteiger partial charge is 0.152 e. The zero-order valence-corrected chi connectivity index (χ0v) is 11.5. The first-order valence-corrected chi connectivity index (χ1v) is 6.20. The molecular weight excluding hydrogens is 267 g/mol. The minimum absolute atomic E-state index is 0.162. The van der Waals surface area contributed by atoms with Crippen LogP contribution in [0.15, 0.2) is 24.5 Å². The van der Waals surface area contributed by atoms with E-state index in [4.69, 9.17) is 0 Å². The monoisotopic (exact) mass is 283 g/mol. The number of rotatable bonds is 3. The van der Waals surface area contributed by atoms with Crippen molar-refractivity contribution < 1.29 is 13.2 Å². The Morgan fingerprint density at radius 3 is 2.25 bits per heavy atom. The summed E-state index contributed by atoms with van der Waals surface area (Å²) in [5.41, 5.74) is 0.280. The van der Waals surface area contributed by atoms with Gasteiger partial charge in [0, 0.05) is 30.4 Å². The molecule has 1 N–H and O–H groups in total. The van der Waals surface area contributed by atoms with Gasteiger partial charge in [-0.05, 0) is 20.8 Å². The van der Waals surface area contributed by atoms with Crippen molar-refractivity contribution in [3.05, 3.63) is 47.5 Å². The van der Waals surface area contributed by atoms with Crippen molar-refractivity contribution in [3.8, 4) is 0 Å². The third-order valence-electron chi connectivity index (χ3n) is 2.80. The summed E-state index contributed by atoms with van der Waals surface area (Å²) in [5, 5.41) is 6.81. The zero-order chi connectivity index (χ0) is 14.9. The fraction of sp³-hybridized carbons (Fsp3) is 0.357. The molecule has 1 aromatic heterocycles. The first-order valence-electron chi connectivity index (χ1n) is 6.20. The highest BCUT2D eigenvalue weighted by Crippen LogP contribution is 2.21. The highest BCUT2D eigenvalue weighted by Gasteiger charge is 2.15. The highest BCUT2D eigenvalue weighted by atomic mass is 19.1. The number of benzene rings is 1. The molecule has 0 amide bonds. The van der Waals surface area contributed by atoms with Gasteiger partial charge in [-0.2, -0.15) is 5.10 Å². The molecule has 0 fully saturated rings. The lowest BCUT2D eigenvalue weighted by molar-refractivity contribution is 0.355. The van der Waals surface area contributed by atoms with Gasteiger partial charge in [0.1, 0.15) is 11.5 Å². The van der Waals surface area contributed by atoms with Crippen molar-refractivity contribution in [1.82, 2.24) is 9.78 Å². The summed E-state index contributed by atoms with van der Waals surface area (Å²) in [6, 6.07) is 1.29. The van der Waals surface area contributed by atoms with Gasteiger partial charge in [-0.3, -0.25) is 4.68 Å². The Balaban J connectivity index is 2.12. The molecule has 2 aromatic rings. The fourth-order valence-electron chi connectivity index (χ4n) is 1.72. The lowest BCUT2D eigenvalue weighted by atomic mass is 10.1. The Hall–Kier alpha value is -1.98. The van der Waals surface area contributed by atoms with Crippen LogP contribution in [0.3, 0.4) is 0 Å². The minimum atomic E-state index is -0.953. The number of aromatic nitrogens is 2. The Morgan fingerprint density at radius 1 is 1.15 bits per heavy atom. The molecule has 108 valence electrons. The first-order chi connectivity index (χ1) is 9.27. The fourth-order valence-corrected chi connectivity index (χ4v) is 1.72. The van der Waals surface area contributed by atoms with E-state index in [1.165, 1.54) is 0 Å². The zero-order valence-electron chi connectivity index (χ0n) is 11.5. The van der Waals surface area contributed by atoms with E-state index in [1.54, 1.807) is 17.1 Å². The predicted octanol–water partition coefficient (Wildman–Crippen LogP) is 3.67. The van der Waals surface area contributed by atoms with E-state index in [2.05, 4.69) is 10.4 Å². The van der Waals surface area contributed by atoms with Crippen LogP contribution in [0.25, 0.3) is 0 Å². The van der Waals surface area contributed by atoms with Gasteiger partial charge in [0.15, 0.2) is 11.6 Å². The Morgan fingerprint density at radius 2 is 1.75 bits per heavy atom. The van der Waals surface area contributed by atoms with Crippen molar-refractivity contribution >= 4 is 5.69 Å². The van der Waals surface area contributed by atoms with Crippen molar-refractivity contribution in [1.29, 1.82) is 0 Å². The summed E-state index contributed by atoms with van der Waals surface area (Å²) in [5.74, 6) is -2.84. The summed E-state index contributed by atoms with van der Waals surface area (Å²) < 4.78 is 41.4. The number of nitrogens with zero attached hydrogens (tertiary/aromatic N) is 2. The van der Waals surface area contributed by atoms with Gasteiger partial charge in [-0.15, -0.1) is 0 Å². The Bertz CT molecular complexity index is 591. The summed E-state index contributed by atoms with van der Waals surface area (Å²) in [6.07, 6.45) is 3.42. The summed E-state index contributed by atoms with van der Waals surface area (Å²) in [6.45, 7) is 6.19. The van der Waals surface area contributed by atoms with Gasteiger partial charge < -0.3 is 5.32 Å². The third kappa shape index (κ3) is 3.12. The van der Waals surface area contributed by atoms with Crippen LogP contribution in [-0.2, 0) is 12.1 Å². The van der Waals surface area contributed by atoms with Crippen LogP contribution in [0.4, 0.5) is 18.9 Å². The van der Waals surface area contributed by atoms with Gasteiger partial charge in [-0.25, -0.2) is 13.2 Å². The topological polar surface area (TPSA) is 29.9 Å². The van der Waals surface area contributed by atoms with E-state index in [0.29, 0.717) is 12.1 Å². The lowest BCUT2D eigenvalue weighted by Crippen LogP contribution is -2.22. The van der Waals surface area contributed by atoms with E-state index < -0.39 is 17.5 Å². The van der Waals surface area contributed by atoms with E-state index in [0.717, 1.165) is 5.56 Å². The van der Waals surface area contributed by atoms with Crippen molar-refractivity contribution in [2.24, 2.45) is 0 Å². The quantitative estimate of drug-likeness (QED) is 0.931. The predicted molar refractivity (Wildman–Crippen MR) is 70.9 cm³/mol. The van der Waals surface area contributed by atoms with Gasteiger partial charge >= 0.3 is 0 Å². The molecular formula is C14H16F3N3. The van der Waals surface area contributed by atoms with Crippen LogP contribution in [0, 0.1) is 17.5 Å². The Labute approximate surface area is 115 Å². The first kappa shape index (κ1) is 14.4.